The normalized spacial score (nSPS) is 17.0. The number of ether oxygens (including phenoxy) is 3. The maximum Gasteiger partial charge on any atom is 0.223 e. The van der Waals surface area contributed by atoms with Crippen LogP contribution in [-0.2, 0) is 22.7 Å². The van der Waals surface area contributed by atoms with Crippen LogP contribution in [0, 0.1) is 0 Å². The molecule has 1 atom stereocenters. The molecule has 0 N–H and O–H groups in total. The number of benzene rings is 2. The summed E-state index contributed by atoms with van der Waals surface area (Å²) in [6.45, 7) is 3.26. The van der Waals surface area contributed by atoms with Gasteiger partial charge in [-0.25, -0.2) is 0 Å². The van der Waals surface area contributed by atoms with Gasteiger partial charge in [0.15, 0.2) is 0 Å². The van der Waals surface area contributed by atoms with Crippen LogP contribution in [0.25, 0.3) is 0 Å². The maximum absolute atomic E-state index is 12.2. The zero-order valence-electron chi connectivity index (χ0n) is 17.5. The van der Waals surface area contributed by atoms with Gasteiger partial charge in [-0.3, -0.25) is 9.69 Å². The Morgan fingerprint density at radius 3 is 2.72 bits per heavy atom. The fourth-order valence-electron chi connectivity index (χ4n) is 3.37. The van der Waals surface area contributed by atoms with Crippen LogP contribution in [0.15, 0.2) is 48.5 Å². The molecule has 1 aliphatic heterocycles. The molecule has 29 heavy (non-hydrogen) atoms. The van der Waals surface area contributed by atoms with Crippen molar-refractivity contribution in [2.45, 2.75) is 25.6 Å². The average Bonchev–Trinajstić information content (AvgIpc) is 2.75. The molecule has 6 nitrogen and oxygen atoms in total. The van der Waals surface area contributed by atoms with Crippen LogP contribution < -0.4 is 9.47 Å². The third kappa shape index (κ3) is 5.95. The topological polar surface area (TPSA) is 51.2 Å². The zero-order chi connectivity index (χ0) is 20.6. The summed E-state index contributed by atoms with van der Waals surface area (Å²) >= 11 is 0. The van der Waals surface area contributed by atoms with Crippen LogP contribution in [-0.4, -0.2) is 62.7 Å². The van der Waals surface area contributed by atoms with E-state index in [1.807, 2.05) is 48.5 Å². The lowest BCUT2D eigenvalue weighted by atomic mass is 10.1. The van der Waals surface area contributed by atoms with Crippen molar-refractivity contribution in [3.05, 3.63) is 59.7 Å². The lowest BCUT2D eigenvalue weighted by Crippen LogP contribution is -2.47. The molecule has 3 rings (SSSR count). The summed E-state index contributed by atoms with van der Waals surface area (Å²) in [6, 6.07) is 16.1. The number of carbonyl (C=O) groups is 1. The first-order chi connectivity index (χ1) is 14.1. The molecule has 0 saturated carbocycles. The van der Waals surface area contributed by atoms with Gasteiger partial charge in [0.1, 0.15) is 18.1 Å². The Kier molecular flexibility index (Phi) is 7.49. The number of carbonyl (C=O) groups excluding carboxylic acids is 1. The van der Waals surface area contributed by atoms with Crippen molar-refractivity contribution in [3.8, 4) is 11.5 Å². The first-order valence-electron chi connectivity index (χ1n) is 9.92. The van der Waals surface area contributed by atoms with Gasteiger partial charge in [0.25, 0.3) is 0 Å². The van der Waals surface area contributed by atoms with Gasteiger partial charge in [-0.15, -0.1) is 0 Å². The minimum absolute atomic E-state index is 0.0670. The summed E-state index contributed by atoms with van der Waals surface area (Å²) < 4.78 is 17.2. The highest BCUT2D eigenvalue weighted by atomic mass is 16.5. The highest BCUT2D eigenvalue weighted by molar-refractivity contribution is 5.76. The molecule has 0 bridgehead atoms. The first kappa shape index (κ1) is 21.1. The molecule has 1 unspecified atom stereocenters. The molecular weight excluding hydrogens is 368 g/mol. The number of hydrogen-bond donors (Lipinski definition) is 0. The van der Waals surface area contributed by atoms with E-state index in [9.17, 15) is 4.79 Å². The van der Waals surface area contributed by atoms with Crippen LogP contribution in [0.2, 0.25) is 0 Å². The van der Waals surface area contributed by atoms with E-state index in [0.29, 0.717) is 32.8 Å². The Balaban J connectivity index is 1.66. The SMILES string of the molecule is COc1cc(OCc2ccccc2)ccc1CN1CCOCC1CC(=O)N(C)C. The maximum atomic E-state index is 12.2. The van der Waals surface area contributed by atoms with E-state index in [2.05, 4.69) is 4.90 Å². The van der Waals surface area contributed by atoms with E-state index in [1.165, 1.54) is 0 Å². The molecule has 156 valence electrons. The van der Waals surface area contributed by atoms with Crippen LogP contribution in [0.5, 0.6) is 11.5 Å². The minimum atomic E-state index is 0.0670. The Morgan fingerprint density at radius 2 is 2.00 bits per heavy atom. The Hall–Kier alpha value is -2.57. The monoisotopic (exact) mass is 398 g/mol. The van der Waals surface area contributed by atoms with E-state index < -0.39 is 0 Å². The van der Waals surface area contributed by atoms with Gasteiger partial charge in [-0.2, -0.15) is 0 Å². The molecule has 1 saturated heterocycles. The Bertz CT molecular complexity index is 795. The summed E-state index contributed by atoms with van der Waals surface area (Å²) in [7, 11) is 5.24. The number of nitrogens with zero attached hydrogens (tertiary/aromatic N) is 2. The highest BCUT2D eigenvalue weighted by Crippen LogP contribution is 2.28. The second-order valence-corrected chi connectivity index (χ2v) is 7.44. The van der Waals surface area contributed by atoms with E-state index >= 15 is 0 Å². The average molecular weight is 399 g/mol. The molecule has 1 aliphatic rings. The number of amides is 1. The first-order valence-corrected chi connectivity index (χ1v) is 9.92. The van der Waals surface area contributed by atoms with Crippen molar-refractivity contribution in [2.24, 2.45) is 0 Å². The highest BCUT2D eigenvalue weighted by Gasteiger charge is 2.26. The number of morpholine rings is 1. The molecule has 1 fully saturated rings. The van der Waals surface area contributed by atoms with E-state index in [0.717, 1.165) is 29.2 Å². The van der Waals surface area contributed by atoms with Crippen molar-refractivity contribution in [1.82, 2.24) is 9.80 Å². The summed E-state index contributed by atoms with van der Waals surface area (Å²) in [5, 5.41) is 0. The lowest BCUT2D eigenvalue weighted by Gasteiger charge is -2.36. The summed E-state index contributed by atoms with van der Waals surface area (Å²) in [6.07, 6.45) is 0.452. The van der Waals surface area contributed by atoms with Crippen LogP contribution in [0.1, 0.15) is 17.5 Å². The molecule has 2 aromatic rings. The third-order valence-electron chi connectivity index (χ3n) is 5.14. The number of methoxy groups -OCH3 is 1. The van der Waals surface area contributed by atoms with Gasteiger partial charge in [0, 0.05) is 51.3 Å². The molecule has 0 aliphatic carbocycles. The molecule has 1 heterocycles. The summed E-state index contributed by atoms with van der Waals surface area (Å²) in [5.74, 6) is 1.68. The van der Waals surface area contributed by atoms with E-state index in [4.69, 9.17) is 14.2 Å². The van der Waals surface area contributed by atoms with Gasteiger partial charge in [0.2, 0.25) is 5.91 Å². The third-order valence-corrected chi connectivity index (χ3v) is 5.14. The summed E-state index contributed by atoms with van der Waals surface area (Å²) in [5.41, 5.74) is 2.20. The molecule has 0 spiro atoms. The van der Waals surface area contributed by atoms with Gasteiger partial charge < -0.3 is 19.1 Å². The van der Waals surface area contributed by atoms with E-state index in [1.54, 1.807) is 26.1 Å². The van der Waals surface area contributed by atoms with Crippen molar-refractivity contribution in [3.63, 3.8) is 0 Å². The second-order valence-electron chi connectivity index (χ2n) is 7.44. The number of rotatable bonds is 8. The minimum Gasteiger partial charge on any atom is -0.496 e. The molecule has 0 radical (unpaired) electrons. The molecule has 0 aromatic heterocycles. The largest absolute Gasteiger partial charge is 0.496 e. The fraction of sp³-hybridized carbons (Fsp3) is 0.435. The predicted octanol–water partition coefficient (Wildman–Crippen LogP) is 2.95. The Morgan fingerprint density at radius 1 is 1.21 bits per heavy atom. The fourth-order valence-corrected chi connectivity index (χ4v) is 3.37. The lowest BCUT2D eigenvalue weighted by molar-refractivity contribution is -0.132. The van der Waals surface area contributed by atoms with Gasteiger partial charge in [-0.1, -0.05) is 36.4 Å². The second kappa shape index (κ2) is 10.3. The molecule has 1 amide bonds. The van der Waals surface area contributed by atoms with Crippen LogP contribution >= 0.6 is 0 Å². The van der Waals surface area contributed by atoms with Crippen molar-refractivity contribution >= 4 is 5.91 Å². The van der Waals surface area contributed by atoms with Gasteiger partial charge in [-0.05, 0) is 11.6 Å². The van der Waals surface area contributed by atoms with Crippen LogP contribution in [0.4, 0.5) is 0 Å². The smallest absolute Gasteiger partial charge is 0.223 e. The van der Waals surface area contributed by atoms with E-state index in [-0.39, 0.29) is 11.9 Å². The van der Waals surface area contributed by atoms with Gasteiger partial charge in [0.05, 0.1) is 20.3 Å². The molecular formula is C23H30N2O4. The van der Waals surface area contributed by atoms with Crippen molar-refractivity contribution in [1.29, 1.82) is 0 Å². The summed E-state index contributed by atoms with van der Waals surface area (Å²) in [4.78, 5) is 16.1. The van der Waals surface area contributed by atoms with Gasteiger partial charge >= 0.3 is 0 Å². The Labute approximate surface area is 173 Å². The standard InChI is InChI=1S/C23H30N2O4/c1-24(2)23(26)13-20-17-28-12-11-25(20)15-19-9-10-21(14-22(19)27-3)29-16-18-7-5-4-6-8-18/h4-10,14,20H,11-13,15-17H2,1-3H3. The van der Waals surface area contributed by atoms with Crippen molar-refractivity contribution < 1.29 is 19.0 Å². The number of hydrogen-bond acceptors (Lipinski definition) is 5. The molecule has 2 aromatic carbocycles. The molecule has 6 heteroatoms. The predicted molar refractivity (Wildman–Crippen MR) is 112 cm³/mol. The quantitative estimate of drug-likeness (QED) is 0.684. The van der Waals surface area contributed by atoms with Crippen molar-refractivity contribution in [2.75, 3.05) is 41.0 Å². The zero-order valence-corrected chi connectivity index (χ0v) is 17.5. The van der Waals surface area contributed by atoms with Crippen LogP contribution in [0.3, 0.4) is 0 Å².